The van der Waals surface area contributed by atoms with Crippen LogP contribution < -0.4 is 5.73 Å². The predicted octanol–water partition coefficient (Wildman–Crippen LogP) is 5.96. The van der Waals surface area contributed by atoms with Crippen LogP contribution in [-0.4, -0.2) is 9.78 Å². The van der Waals surface area contributed by atoms with Crippen molar-refractivity contribution in [2.24, 2.45) is 0 Å². The van der Waals surface area contributed by atoms with Crippen molar-refractivity contribution < 1.29 is 4.42 Å². The van der Waals surface area contributed by atoms with Crippen molar-refractivity contribution in [1.82, 2.24) is 9.78 Å². The lowest BCUT2D eigenvalue weighted by Gasteiger charge is -2.03. The van der Waals surface area contributed by atoms with Crippen molar-refractivity contribution in [3.8, 4) is 29.1 Å². The number of benzene rings is 2. The number of hydrogen-bond acceptors (Lipinski definition) is 5. The van der Waals surface area contributed by atoms with E-state index in [1.54, 1.807) is 42.5 Å². The zero-order chi connectivity index (χ0) is 22.0. The van der Waals surface area contributed by atoms with Gasteiger partial charge in [-0.1, -0.05) is 47.5 Å². The monoisotopic (exact) mass is 445 g/mol. The molecule has 2 N–H and O–H groups in total. The third-order valence-electron chi connectivity index (χ3n) is 4.53. The average Bonchev–Trinajstić information content (AvgIpc) is 3.36. The van der Waals surface area contributed by atoms with Gasteiger partial charge in [-0.15, -0.1) is 0 Å². The molecule has 0 saturated heterocycles. The van der Waals surface area contributed by atoms with Gasteiger partial charge in [0.25, 0.3) is 0 Å². The van der Waals surface area contributed by atoms with E-state index in [1.165, 1.54) is 10.8 Å². The van der Waals surface area contributed by atoms with E-state index in [1.807, 2.05) is 24.3 Å². The van der Waals surface area contributed by atoms with Crippen LogP contribution in [0.2, 0.25) is 10.0 Å². The van der Waals surface area contributed by atoms with Gasteiger partial charge in [0.15, 0.2) is 0 Å². The highest BCUT2D eigenvalue weighted by molar-refractivity contribution is 6.39. The van der Waals surface area contributed by atoms with Crippen molar-refractivity contribution in [3.63, 3.8) is 0 Å². The highest BCUT2D eigenvalue weighted by Crippen LogP contribution is 2.36. The fraction of sp³-hybridized carbons (Fsp3) is 0. The maximum Gasteiger partial charge on any atom is 0.145 e. The molecule has 0 saturated carbocycles. The summed E-state index contributed by atoms with van der Waals surface area (Å²) in [7, 11) is 0. The first-order valence-corrected chi connectivity index (χ1v) is 9.79. The van der Waals surface area contributed by atoms with Gasteiger partial charge in [0.05, 0.1) is 26.9 Å². The molecule has 0 radical (unpaired) electrons. The third-order valence-corrected chi connectivity index (χ3v) is 5.16. The second kappa shape index (κ2) is 8.41. The predicted molar refractivity (Wildman–Crippen MR) is 120 cm³/mol. The van der Waals surface area contributed by atoms with Crippen LogP contribution in [0, 0.1) is 22.7 Å². The molecule has 2 aromatic carbocycles. The Bertz CT molecular complexity index is 1370. The SMILES string of the molecule is N#CC(=Cc1ccc(-c2c(Cl)cccc2Cl)o1)c1nn(-c2ccccc2)c(N)c1C#N. The van der Waals surface area contributed by atoms with E-state index in [9.17, 15) is 10.5 Å². The van der Waals surface area contributed by atoms with Crippen LogP contribution in [-0.2, 0) is 0 Å². The summed E-state index contributed by atoms with van der Waals surface area (Å²) in [5, 5.41) is 24.6. The molecule has 0 aliphatic rings. The van der Waals surface area contributed by atoms with Gasteiger partial charge in [-0.3, -0.25) is 0 Å². The lowest BCUT2D eigenvalue weighted by molar-refractivity contribution is 0.572. The second-order valence-corrected chi connectivity index (χ2v) is 7.25. The Morgan fingerprint density at radius 1 is 1.00 bits per heavy atom. The first-order valence-electron chi connectivity index (χ1n) is 9.04. The molecule has 0 amide bonds. The van der Waals surface area contributed by atoms with Crippen molar-refractivity contribution in [2.45, 2.75) is 0 Å². The van der Waals surface area contributed by atoms with E-state index in [0.29, 0.717) is 32.8 Å². The molecule has 6 nitrogen and oxygen atoms in total. The first-order chi connectivity index (χ1) is 15.0. The van der Waals surface area contributed by atoms with E-state index in [2.05, 4.69) is 11.2 Å². The topological polar surface area (TPSA) is 105 Å². The van der Waals surface area contributed by atoms with E-state index in [0.717, 1.165) is 0 Å². The van der Waals surface area contributed by atoms with Crippen LogP contribution in [0.5, 0.6) is 0 Å². The van der Waals surface area contributed by atoms with Crippen LogP contribution in [0.1, 0.15) is 17.0 Å². The number of nitrogen functional groups attached to an aromatic ring is 1. The molecule has 4 rings (SSSR count). The molecule has 0 bridgehead atoms. The van der Waals surface area contributed by atoms with Gasteiger partial charge >= 0.3 is 0 Å². The summed E-state index contributed by atoms with van der Waals surface area (Å²) < 4.78 is 7.26. The number of allylic oxidation sites excluding steroid dienone is 1. The number of hydrogen-bond donors (Lipinski definition) is 1. The molecule has 0 aliphatic heterocycles. The number of halogens is 2. The summed E-state index contributed by atoms with van der Waals surface area (Å²) in [6.07, 6.45) is 1.49. The third kappa shape index (κ3) is 3.78. The Morgan fingerprint density at radius 3 is 2.35 bits per heavy atom. The van der Waals surface area contributed by atoms with Gasteiger partial charge in [-0.2, -0.15) is 15.6 Å². The van der Waals surface area contributed by atoms with Gasteiger partial charge in [-0.25, -0.2) is 4.68 Å². The summed E-state index contributed by atoms with van der Waals surface area (Å²) in [4.78, 5) is 0. The van der Waals surface area contributed by atoms with Crippen LogP contribution in [0.15, 0.2) is 65.1 Å². The standard InChI is InChI=1S/C23H13Cl2N5O/c24-18-7-4-8-19(25)21(18)20-10-9-16(31-20)11-14(12-26)22-17(13-27)23(28)30(29-22)15-5-2-1-3-6-15/h1-11H,28H2. The van der Waals surface area contributed by atoms with Crippen LogP contribution in [0.4, 0.5) is 5.82 Å². The quantitative estimate of drug-likeness (QED) is 0.390. The highest BCUT2D eigenvalue weighted by atomic mass is 35.5. The zero-order valence-corrected chi connectivity index (χ0v) is 17.4. The molecule has 8 heteroatoms. The molecule has 0 atom stereocenters. The van der Waals surface area contributed by atoms with E-state index < -0.39 is 0 Å². The lowest BCUT2D eigenvalue weighted by atomic mass is 10.1. The Labute approximate surface area is 188 Å². The molecule has 0 aliphatic carbocycles. The number of nitrogens with zero attached hydrogens (tertiary/aromatic N) is 4. The van der Waals surface area contributed by atoms with Crippen molar-refractivity contribution in [3.05, 3.63) is 87.7 Å². The van der Waals surface area contributed by atoms with E-state index in [4.69, 9.17) is 33.4 Å². The van der Waals surface area contributed by atoms with E-state index in [-0.39, 0.29) is 22.6 Å². The molecule has 31 heavy (non-hydrogen) atoms. The highest BCUT2D eigenvalue weighted by Gasteiger charge is 2.20. The molecule has 0 unspecified atom stereocenters. The van der Waals surface area contributed by atoms with Crippen molar-refractivity contribution in [1.29, 1.82) is 10.5 Å². The van der Waals surface area contributed by atoms with Crippen molar-refractivity contribution in [2.75, 3.05) is 5.73 Å². The molecule has 150 valence electrons. The van der Waals surface area contributed by atoms with Crippen LogP contribution >= 0.6 is 23.2 Å². The molecule has 2 heterocycles. The number of nitrogens with two attached hydrogens (primary N) is 1. The Morgan fingerprint density at radius 2 is 1.71 bits per heavy atom. The molecular weight excluding hydrogens is 433 g/mol. The summed E-state index contributed by atoms with van der Waals surface area (Å²) in [6, 6.07) is 21.8. The zero-order valence-electron chi connectivity index (χ0n) is 15.9. The summed E-state index contributed by atoms with van der Waals surface area (Å²) in [5.41, 5.74) is 7.77. The average molecular weight is 446 g/mol. The van der Waals surface area contributed by atoms with Gasteiger partial charge < -0.3 is 10.2 Å². The fourth-order valence-corrected chi connectivity index (χ4v) is 3.67. The minimum atomic E-state index is 0.109. The Kier molecular flexibility index (Phi) is 5.51. The van der Waals surface area contributed by atoms with Gasteiger partial charge in [0.1, 0.15) is 40.7 Å². The van der Waals surface area contributed by atoms with Crippen LogP contribution in [0.25, 0.3) is 28.7 Å². The number of nitriles is 2. The summed E-state index contributed by atoms with van der Waals surface area (Å²) in [5.74, 6) is 0.973. The Balaban J connectivity index is 1.78. The molecule has 2 aromatic heterocycles. The minimum absolute atomic E-state index is 0.109. The maximum atomic E-state index is 9.74. The summed E-state index contributed by atoms with van der Waals surface area (Å²) in [6.45, 7) is 0. The van der Waals surface area contributed by atoms with Crippen molar-refractivity contribution >= 4 is 40.7 Å². The minimum Gasteiger partial charge on any atom is -0.457 e. The number of anilines is 1. The largest absolute Gasteiger partial charge is 0.457 e. The molecule has 0 fully saturated rings. The summed E-state index contributed by atoms with van der Waals surface area (Å²) >= 11 is 12.5. The number of para-hydroxylation sites is 1. The van der Waals surface area contributed by atoms with Gasteiger partial charge in [0.2, 0.25) is 0 Å². The lowest BCUT2D eigenvalue weighted by Crippen LogP contribution is -2.02. The number of furan rings is 1. The Hall–Kier alpha value is -3.97. The van der Waals surface area contributed by atoms with E-state index >= 15 is 0 Å². The second-order valence-electron chi connectivity index (χ2n) is 6.44. The number of aromatic nitrogens is 2. The number of rotatable bonds is 4. The first kappa shape index (κ1) is 20.3. The normalized spacial score (nSPS) is 11.2. The maximum absolute atomic E-state index is 9.74. The van der Waals surface area contributed by atoms with Gasteiger partial charge in [-0.05, 0) is 36.4 Å². The smallest absolute Gasteiger partial charge is 0.145 e. The fourth-order valence-electron chi connectivity index (χ4n) is 3.09. The molecular formula is C23H13Cl2N5O. The molecule has 4 aromatic rings. The van der Waals surface area contributed by atoms with Gasteiger partial charge in [0, 0.05) is 6.08 Å². The van der Waals surface area contributed by atoms with Crippen LogP contribution in [0.3, 0.4) is 0 Å². The molecule has 0 spiro atoms.